The molecule has 0 amide bonds. The van der Waals surface area contributed by atoms with Crippen molar-refractivity contribution in [2.75, 3.05) is 57.1 Å². The first-order valence-electron chi connectivity index (χ1n) is 14.0. The number of nitrogens with one attached hydrogen (secondary N) is 2. The molecule has 0 aromatic carbocycles. The molecule has 4 aliphatic heterocycles. The summed E-state index contributed by atoms with van der Waals surface area (Å²) in [6, 6.07) is 4.05. The van der Waals surface area contributed by atoms with E-state index in [1.165, 1.54) is 12.0 Å². The number of hydrogen-bond donors (Lipinski definition) is 2. The highest BCUT2D eigenvalue weighted by atomic mass is 79.9. The summed E-state index contributed by atoms with van der Waals surface area (Å²) in [4.78, 5) is 31.3. The van der Waals surface area contributed by atoms with Gasteiger partial charge in [-0.05, 0) is 57.7 Å². The van der Waals surface area contributed by atoms with E-state index in [9.17, 15) is 9.59 Å². The maximum absolute atomic E-state index is 11.4. The number of carbonyl (C=O) groups is 2. The standard InChI is InChI=1S/C11H14N2O.C9H14BNO4.C7H7BrN2O/c1-7-4-9(7)8-5-10-11(13-6-8)12-2-3-14-10;1-6-3-7(6)10-11(2,4-8(12)14-10)5-9(13)15-10;8-5-3-6-7(10-4-5)9-1-2-11-6/h5-7,9H,2-4H2,1H3,(H,12,13);6-7H,3-5H2,1-2H3;3-4H,1-2H2,(H,9,10)/t7-,9-;6-,7-,10?,11?;/m11./s1. The lowest BCUT2D eigenvalue weighted by atomic mass is 9.61. The van der Waals surface area contributed by atoms with Crippen LogP contribution in [-0.4, -0.2) is 79.4 Å². The molecule has 2 saturated carbocycles. The highest BCUT2D eigenvalue weighted by Crippen LogP contribution is 2.57. The molecule has 2 aromatic heterocycles. The topological polar surface area (TPSA) is 121 Å². The second-order valence-electron chi connectivity index (χ2n) is 11.9. The van der Waals surface area contributed by atoms with Gasteiger partial charge in [0.1, 0.15) is 26.3 Å². The van der Waals surface area contributed by atoms with Crippen LogP contribution in [0.5, 0.6) is 11.5 Å². The Labute approximate surface area is 242 Å². The molecule has 13 heteroatoms. The van der Waals surface area contributed by atoms with E-state index in [-0.39, 0.29) is 30.8 Å². The molecule has 0 unspecified atom stereocenters. The number of aromatic nitrogens is 2. The number of halogens is 1. The number of pyridine rings is 2. The highest BCUT2D eigenvalue weighted by molar-refractivity contribution is 9.10. The summed E-state index contributed by atoms with van der Waals surface area (Å²) in [5.41, 5.74) is 1.33. The molecule has 0 bridgehead atoms. The molecule has 2 aliphatic carbocycles. The van der Waals surface area contributed by atoms with E-state index in [2.05, 4.69) is 56.4 Å². The molecule has 2 N–H and O–H groups in total. The van der Waals surface area contributed by atoms with Crippen LogP contribution in [0.2, 0.25) is 5.82 Å². The van der Waals surface area contributed by atoms with Crippen LogP contribution < -0.4 is 20.1 Å². The molecule has 4 fully saturated rings. The fourth-order valence-electron chi connectivity index (χ4n) is 6.22. The first-order chi connectivity index (χ1) is 19.2. The van der Waals surface area contributed by atoms with Crippen LogP contribution in [0.1, 0.15) is 38.2 Å². The van der Waals surface area contributed by atoms with E-state index in [1.807, 2.05) is 19.3 Å². The molecular weight excluding hydrogens is 581 g/mol. The molecular formula is C27H35BBrN5O6. The highest BCUT2D eigenvalue weighted by Gasteiger charge is 2.73. The Morgan fingerprint density at radius 1 is 0.900 bits per heavy atom. The van der Waals surface area contributed by atoms with E-state index < -0.39 is 6.69 Å². The third-order valence-electron chi connectivity index (χ3n) is 8.70. The summed E-state index contributed by atoms with van der Waals surface area (Å²) < 4.78 is 23.0. The van der Waals surface area contributed by atoms with Crippen molar-refractivity contribution in [1.29, 1.82) is 0 Å². The quantitative estimate of drug-likeness (QED) is 0.485. The van der Waals surface area contributed by atoms with Gasteiger partial charge < -0.3 is 33.8 Å². The Balaban J connectivity index is 0.000000110. The first kappa shape index (κ1) is 27.1. The minimum atomic E-state index is -1.73. The van der Waals surface area contributed by atoms with Gasteiger partial charge in [0, 0.05) is 23.9 Å². The number of hydrogen-bond acceptors (Lipinski definition) is 10. The molecule has 4 atom stereocenters. The van der Waals surface area contributed by atoms with Crippen molar-refractivity contribution in [2.24, 2.45) is 11.8 Å². The summed E-state index contributed by atoms with van der Waals surface area (Å²) in [6.07, 6.45) is 6.03. The predicted octanol–water partition coefficient (Wildman–Crippen LogP) is 3.55. The van der Waals surface area contributed by atoms with Gasteiger partial charge >= 0.3 is 18.6 Å². The third kappa shape index (κ3) is 5.21. The molecule has 2 saturated heterocycles. The Bertz CT molecular complexity index is 1310. The smallest absolute Gasteiger partial charge is 0.587 e. The lowest BCUT2D eigenvalue weighted by molar-refractivity contribution is -0.794. The van der Waals surface area contributed by atoms with E-state index in [4.69, 9.17) is 18.8 Å². The van der Waals surface area contributed by atoms with Crippen molar-refractivity contribution in [3.63, 3.8) is 0 Å². The van der Waals surface area contributed by atoms with Crippen molar-refractivity contribution >= 4 is 46.2 Å². The first-order valence-corrected chi connectivity index (χ1v) is 14.8. The van der Waals surface area contributed by atoms with E-state index in [0.29, 0.717) is 16.9 Å². The Morgan fingerprint density at radius 2 is 1.45 bits per heavy atom. The number of likely N-dealkylation sites (N-methyl/N-ethyl adjacent to an activating group) is 1. The zero-order chi connectivity index (χ0) is 28.1. The van der Waals surface area contributed by atoms with Crippen LogP contribution in [-0.2, 0) is 18.9 Å². The van der Waals surface area contributed by atoms with Crippen molar-refractivity contribution < 1.29 is 32.8 Å². The van der Waals surface area contributed by atoms with Gasteiger partial charge in [-0.15, -0.1) is 0 Å². The number of anilines is 2. The van der Waals surface area contributed by atoms with Crippen LogP contribution in [0, 0.1) is 11.8 Å². The monoisotopic (exact) mass is 615 g/mol. The average Bonchev–Trinajstić information content (AvgIpc) is 3.81. The third-order valence-corrected chi connectivity index (χ3v) is 9.13. The van der Waals surface area contributed by atoms with E-state index in [1.54, 1.807) is 6.20 Å². The molecule has 0 spiro atoms. The van der Waals surface area contributed by atoms with Crippen molar-refractivity contribution in [2.45, 2.75) is 38.4 Å². The number of ether oxygens (including phenoxy) is 2. The molecule has 6 heterocycles. The molecule has 11 nitrogen and oxygen atoms in total. The van der Waals surface area contributed by atoms with E-state index >= 15 is 0 Å². The van der Waals surface area contributed by atoms with Gasteiger partial charge in [-0.25, -0.2) is 9.97 Å². The second kappa shape index (κ2) is 10.4. The summed E-state index contributed by atoms with van der Waals surface area (Å²) >= 11 is 3.32. The maximum Gasteiger partial charge on any atom is 0.587 e. The van der Waals surface area contributed by atoms with Gasteiger partial charge in [-0.3, -0.25) is 9.59 Å². The summed E-state index contributed by atoms with van der Waals surface area (Å²) in [7, 11) is 1.89. The minimum absolute atomic E-state index is 0.232. The lowest BCUT2D eigenvalue weighted by Crippen LogP contribution is -2.60. The predicted molar refractivity (Wildman–Crippen MR) is 152 cm³/mol. The summed E-state index contributed by atoms with van der Waals surface area (Å²) in [5, 5.41) is 6.36. The molecule has 214 valence electrons. The molecule has 8 rings (SSSR count). The van der Waals surface area contributed by atoms with Gasteiger partial charge in [0.2, 0.25) is 0 Å². The zero-order valence-corrected chi connectivity index (χ0v) is 24.6. The number of fused-ring (bicyclic) bond motifs is 3. The van der Waals surface area contributed by atoms with Crippen LogP contribution in [0.15, 0.2) is 29.0 Å². The zero-order valence-electron chi connectivity index (χ0n) is 23.0. The van der Waals surface area contributed by atoms with Gasteiger partial charge in [0.25, 0.3) is 0 Å². The largest absolute Gasteiger partial charge is 0.600 e. The van der Waals surface area contributed by atoms with Crippen molar-refractivity contribution in [3.05, 3.63) is 34.6 Å². The minimum Gasteiger partial charge on any atom is -0.600 e. The van der Waals surface area contributed by atoms with Crippen LogP contribution in [0.25, 0.3) is 0 Å². The van der Waals surface area contributed by atoms with Gasteiger partial charge in [-0.1, -0.05) is 26.2 Å². The van der Waals surface area contributed by atoms with E-state index in [0.717, 1.165) is 65.6 Å². The van der Waals surface area contributed by atoms with Crippen LogP contribution in [0.4, 0.5) is 11.6 Å². The summed E-state index contributed by atoms with van der Waals surface area (Å²) in [5.74, 6) is 5.30. The maximum atomic E-state index is 11.4. The number of quaternary nitrogens is 1. The Kier molecular flexibility index (Phi) is 7.06. The molecule has 0 radical (unpaired) electrons. The fraction of sp³-hybridized carbons (Fsp3) is 0.556. The SMILES string of the molecule is Brc1cnc2c(c1)OCCN2.C[C@@H]1C[C@H]1[B-]12OC(=O)C[N+]1(C)CC(=O)O2.C[C@@H]1C[C@H]1c1cnc2c(c1)OCCN2. The normalized spacial score (nSPS) is 33.7. The number of nitrogens with zero attached hydrogens (tertiary/aromatic N) is 3. The van der Waals surface area contributed by atoms with Crippen LogP contribution >= 0.6 is 15.9 Å². The molecule has 2 aromatic rings. The molecule has 6 aliphatic rings. The molecule has 40 heavy (non-hydrogen) atoms. The summed E-state index contributed by atoms with van der Waals surface area (Å²) in [6.45, 7) is 6.35. The number of carbonyl (C=O) groups excluding carboxylic acids is 2. The Morgan fingerprint density at radius 3 is 2.00 bits per heavy atom. The van der Waals surface area contributed by atoms with Gasteiger partial charge in [-0.2, -0.15) is 0 Å². The van der Waals surface area contributed by atoms with Gasteiger partial charge in [0.05, 0.1) is 13.1 Å². The number of rotatable bonds is 2. The van der Waals surface area contributed by atoms with Crippen molar-refractivity contribution in [3.8, 4) is 11.5 Å². The lowest BCUT2D eigenvalue weighted by Gasteiger charge is -2.40. The average molecular weight is 616 g/mol. The second-order valence-corrected chi connectivity index (χ2v) is 12.8. The fourth-order valence-corrected chi connectivity index (χ4v) is 6.53. The van der Waals surface area contributed by atoms with Crippen molar-refractivity contribution in [1.82, 2.24) is 9.97 Å². The van der Waals surface area contributed by atoms with Crippen LogP contribution in [0.3, 0.4) is 0 Å². The Hall–Kier alpha value is -3.06. The van der Waals surface area contributed by atoms with Gasteiger partial charge in [0.15, 0.2) is 23.1 Å².